The molecule has 1 aliphatic rings. The van der Waals surface area contributed by atoms with Crippen molar-refractivity contribution < 1.29 is 22.1 Å². The van der Waals surface area contributed by atoms with E-state index < -0.39 is 18.1 Å². The Balaban J connectivity index is 1.69. The predicted molar refractivity (Wildman–Crippen MR) is 102 cm³/mol. The second-order valence-electron chi connectivity index (χ2n) is 7.66. The molecular weight excluding hydrogens is 414 g/mol. The summed E-state index contributed by atoms with van der Waals surface area (Å²) in [7, 11) is 0. The lowest BCUT2D eigenvalue weighted by molar-refractivity contribution is -0.155. The number of alkyl halides is 4. The van der Waals surface area contributed by atoms with Crippen LogP contribution in [0.5, 0.6) is 0 Å². The van der Waals surface area contributed by atoms with Crippen LogP contribution in [0.4, 0.5) is 17.6 Å². The molecule has 1 saturated carbocycles. The molecule has 2 unspecified atom stereocenters. The van der Waals surface area contributed by atoms with Crippen LogP contribution in [0.3, 0.4) is 0 Å². The maximum absolute atomic E-state index is 14.0. The summed E-state index contributed by atoms with van der Waals surface area (Å²) in [6.45, 7) is 0. The Kier molecular flexibility index (Phi) is 4.43. The van der Waals surface area contributed by atoms with Crippen LogP contribution in [-0.4, -0.2) is 25.9 Å². The molecule has 0 radical (unpaired) electrons. The fourth-order valence-corrected chi connectivity index (χ4v) is 4.24. The van der Waals surface area contributed by atoms with Crippen molar-refractivity contribution in [3.8, 4) is 6.07 Å². The molecule has 0 bridgehead atoms. The molecule has 0 aliphatic heterocycles. The van der Waals surface area contributed by atoms with E-state index in [9.17, 15) is 22.8 Å². The molecule has 5 rings (SSSR count). The van der Waals surface area contributed by atoms with Gasteiger partial charge in [0.15, 0.2) is 0 Å². The Labute approximate surface area is 173 Å². The number of fused-ring (bicyclic) bond motifs is 3. The highest BCUT2D eigenvalue weighted by atomic mass is 19.4. The number of imidazole rings is 1. The van der Waals surface area contributed by atoms with Gasteiger partial charge >= 0.3 is 6.18 Å². The maximum atomic E-state index is 14.0. The number of aromatic nitrogens is 4. The van der Waals surface area contributed by atoms with Crippen LogP contribution >= 0.6 is 0 Å². The van der Waals surface area contributed by atoms with Crippen LogP contribution in [0, 0.1) is 11.3 Å². The van der Waals surface area contributed by atoms with E-state index in [0.717, 1.165) is 6.07 Å². The van der Waals surface area contributed by atoms with Crippen molar-refractivity contribution >= 4 is 21.9 Å². The molecule has 1 aromatic carbocycles. The van der Waals surface area contributed by atoms with Gasteiger partial charge in [0.25, 0.3) is 0 Å². The fraction of sp³-hybridized carbons (Fsp3) is 0.333. The van der Waals surface area contributed by atoms with Crippen LogP contribution in [0.2, 0.25) is 0 Å². The SMILES string of the molecule is N#Cc1ccc2ncc3nc(Cc4cc(C(F)(F)F)on4)n(C4CCC(F)C4)c3c2c1. The highest BCUT2D eigenvalue weighted by Gasteiger charge is 2.36. The first kappa shape index (κ1) is 19.5. The lowest BCUT2D eigenvalue weighted by atomic mass is 10.1. The third kappa shape index (κ3) is 3.40. The first-order valence-electron chi connectivity index (χ1n) is 9.70. The van der Waals surface area contributed by atoms with Gasteiger partial charge in [-0.15, -0.1) is 0 Å². The molecule has 0 saturated heterocycles. The highest BCUT2D eigenvalue weighted by molar-refractivity contribution is 6.02. The summed E-state index contributed by atoms with van der Waals surface area (Å²) in [5.74, 6) is -0.728. The number of nitriles is 1. The van der Waals surface area contributed by atoms with E-state index in [1.165, 1.54) is 0 Å². The van der Waals surface area contributed by atoms with E-state index in [1.807, 2.05) is 4.57 Å². The molecule has 158 valence electrons. The zero-order valence-corrected chi connectivity index (χ0v) is 16.0. The van der Waals surface area contributed by atoms with Gasteiger partial charge in [-0.05, 0) is 37.5 Å². The average molecular weight is 429 g/mol. The van der Waals surface area contributed by atoms with E-state index >= 15 is 0 Å². The van der Waals surface area contributed by atoms with Gasteiger partial charge in [0, 0.05) is 17.5 Å². The third-order valence-corrected chi connectivity index (χ3v) is 5.60. The van der Waals surface area contributed by atoms with Gasteiger partial charge in [0.1, 0.15) is 17.5 Å². The molecule has 10 heteroatoms. The number of pyridine rings is 1. The van der Waals surface area contributed by atoms with Crippen molar-refractivity contribution in [2.75, 3.05) is 0 Å². The smallest absolute Gasteiger partial charge is 0.351 e. The van der Waals surface area contributed by atoms with Crippen LogP contribution in [0.15, 0.2) is 35.0 Å². The van der Waals surface area contributed by atoms with E-state index in [-0.39, 0.29) is 24.6 Å². The normalized spacial score (nSPS) is 19.3. The molecule has 2 atom stereocenters. The zero-order chi connectivity index (χ0) is 21.8. The first-order chi connectivity index (χ1) is 14.8. The van der Waals surface area contributed by atoms with Crippen LogP contribution in [0.1, 0.15) is 48.1 Å². The average Bonchev–Trinajstić information content (AvgIpc) is 3.45. The van der Waals surface area contributed by atoms with Gasteiger partial charge in [-0.25, -0.2) is 9.37 Å². The predicted octanol–water partition coefficient (Wildman–Crippen LogP) is 5.12. The summed E-state index contributed by atoms with van der Waals surface area (Å²) in [4.78, 5) is 8.97. The first-order valence-corrected chi connectivity index (χ1v) is 9.70. The molecule has 0 amide bonds. The van der Waals surface area contributed by atoms with Crippen molar-refractivity contribution in [3.63, 3.8) is 0 Å². The molecule has 4 aromatic rings. The van der Waals surface area contributed by atoms with Crippen LogP contribution < -0.4 is 0 Å². The van der Waals surface area contributed by atoms with E-state index in [2.05, 4.69) is 25.7 Å². The quantitative estimate of drug-likeness (QED) is 0.423. The Morgan fingerprint density at radius 3 is 2.71 bits per heavy atom. The van der Waals surface area contributed by atoms with E-state index in [0.29, 0.717) is 46.2 Å². The molecule has 3 heterocycles. The van der Waals surface area contributed by atoms with Gasteiger partial charge < -0.3 is 9.09 Å². The molecule has 0 N–H and O–H groups in total. The summed E-state index contributed by atoms with van der Waals surface area (Å²) < 4.78 is 59.0. The van der Waals surface area contributed by atoms with Gasteiger partial charge in [0.2, 0.25) is 5.76 Å². The Morgan fingerprint density at radius 1 is 1.19 bits per heavy atom. The Bertz CT molecular complexity index is 1330. The number of rotatable bonds is 3. The van der Waals surface area contributed by atoms with Crippen molar-refractivity contribution in [1.82, 2.24) is 19.7 Å². The Hall–Kier alpha value is -3.48. The minimum absolute atomic E-state index is 0.0128. The summed E-state index contributed by atoms with van der Waals surface area (Å²) in [5.41, 5.74) is 2.39. The van der Waals surface area contributed by atoms with Crippen molar-refractivity contribution in [3.05, 3.63) is 53.3 Å². The maximum Gasteiger partial charge on any atom is 0.452 e. The number of halogens is 4. The van der Waals surface area contributed by atoms with Crippen LogP contribution in [-0.2, 0) is 12.6 Å². The number of hydrogen-bond donors (Lipinski definition) is 0. The van der Waals surface area contributed by atoms with Gasteiger partial charge in [-0.1, -0.05) is 5.16 Å². The molecule has 0 spiro atoms. The number of nitrogens with zero attached hydrogens (tertiary/aromatic N) is 5. The molecule has 6 nitrogen and oxygen atoms in total. The Morgan fingerprint density at radius 2 is 2.03 bits per heavy atom. The van der Waals surface area contributed by atoms with Crippen LogP contribution in [0.25, 0.3) is 21.9 Å². The molecule has 3 aromatic heterocycles. The summed E-state index contributed by atoms with van der Waals surface area (Å²) in [6, 6.07) is 7.82. The zero-order valence-electron chi connectivity index (χ0n) is 16.0. The molecule has 1 aliphatic carbocycles. The topological polar surface area (TPSA) is 80.5 Å². The minimum Gasteiger partial charge on any atom is -0.351 e. The monoisotopic (exact) mass is 429 g/mol. The van der Waals surface area contributed by atoms with E-state index in [4.69, 9.17) is 0 Å². The second kappa shape index (κ2) is 7.04. The van der Waals surface area contributed by atoms with Crippen molar-refractivity contribution in [2.24, 2.45) is 0 Å². The molecular formula is C21H15F4N5O. The lowest BCUT2D eigenvalue weighted by Crippen LogP contribution is -2.11. The van der Waals surface area contributed by atoms with Gasteiger partial charge in [0.05, 0.1) is 41.0 Å². The van der Waals surface area contributed by atoms with Crippen molar-refractivity contribution in [1.29, 1.82) is 5.26 Å². The number of benzene rings is 1. The van der Waals surface area contributed by atoms with Crippen molar-refractivity contribution in [2.45, 2.75) is 44.1 Å². The molecule has 31 heavy (non-hydrogen) atoms. The summed E-state index contributed by atoms with van der Waals surface area (Å²) in [5, 5.41) is 13.5. The largest absolute Gasteiger partial charge is 0.452 e. The molecule has 1 fully saturated rings. The minimum atomic E-state index is -4.63. The van der Waals surface area contributed by atoms with E-state index in [1.54, 1.807) is 24.4 Å². The van der Waals surface area contributed by atoms with Gasteiger partial charge in [-0.3, -0.25) is 4.98 Å². The standard InChI is InChI=1S/C21H15F4N5O/c22-12-2-3-14(6-12)30-19(8-13-7-18(31-29-13)21(23,24)25)28-17-10-27-16-4-1-11(9-26)5-15(16)20(17)30/h1,4-5,7,10,12,14H,2-3,6,8H2. The fourth-order valence-electron chi connectivity index (χ4n) is 4.24. The number of hydrogen-bond acceptors (Lipinski definition) is 5. The summed E-state index contributed by atoms with van der Waals surface area (Å²) in [6.07, 6.45) is -2.76. The second-order valence-corrected chi connectivity index (χ2v) is 7.66. The van der Waals surface area contributed by atoms with Gasteiger partial charge in [-0.2, -0.15) is 18.4 Å². The summed E-state index contributed by atoms with van der Waals surface area (Å²) >= 11 is 0. The third-order valence-electron chi connectivity index (χ3n) is 5.60. The lowest BCUT2D eigenvalue weighted by Gasteiger charge is -2.17. The highest BCUT2D eigenvalue weighted by Crippen LogP contribution is 2.38.